The van der Waals surface area contributed by atoms with Crippen LogP contribution < -0.4 is 0 Å². The number of hydrogen-bond donors (Lipinski definition) is 0. The van der Waals surface area contributed by atoms with Crippen LogP contribution in [0.2, 0.25) is 0 Å². The van der Waals surface area contributed by atoms with E-state index in [1.54, 1.807) is 0 Å². The summed E-state index contributed by atoms with van der Waals surface area (Å²) in [6.07, 6.45) is 3.56. The molecule has 0 atom stereocenters. The van der Waals surface area contributed by atoms with Crippen LogP contribution in [0.1, 0.15) is 32.3 Å². The van der Waals surface area contributed by atoms with E-state index in [1.165, 1.54) is 16.7 Å². The van der Waals surface area contributed by atoms with E-state index in [0.29, 0.717) is 6.61 Å². The average Bonchev–Trinajstić information content (AvgIpc) is 2.89. The van der Waals surface area contributed by atoms with Crippen molar-refractivity contribution < 1.29 is 9.53 Å². The minimum Gasteiger partial charge on any atom is -0.463 e. The van der Waals surface area contributed by atoms with Crippen LogP contribution in [-0.2, 0) is 9.53 Å². The summed E-state index contributed by atoms with van der Waals surface area (Å²) in [5, 5.41) is 0. The number of carbonyl (C=O) groups is 1. The van der Waals surface area contributed by atoms with E-state index in [2.05, 4.69) is 19.1 Å². The first kappa shape index (κ1) is 12.6. The van der Waals surface area contributed by atoms with Gasteiger partial charge in [0.05, 0.1) is 6.61 Å². The molecule has 2 rings (SSSR count). The van der Waals surface area contributed by atoms with Crippen LogP contribution in [0.3, 0.4) is 0 Å². The van der Waals surface area contributed by atoms with E-state index < -0.39 is 0 Å². The number of benzene rings is 1. The third kappa shape index (κ3) is 2.70. The fourth-order valence-corrected chi connectivity index (χ4v) is 2.18. The van der Waals surface area contributed by atoms with E-state index in [-0.39, 0.29) is 5.97 Å². The van der Waals surface area contributed by atoms with Gasteiger partial charge in [0.25, 0.3) is 0 Å². The summed E-state index contributed by atoms with van der Waals surface area (Å²) in [5.74, 6) is -0.173. The van der Waals surface area contributed by atoms with Crippen molar-refractivity contribution in [2.75, 3.05) is 6.61 Å². The van der Waals surface area contributed by atoms with Crippen molar-refractivity contribution in [1.29, 1.82) is 0 Å². The molecule has 0 radical (unpaired) electrons. The Morgan fingerprint density at radius 1 is 1.28 bits per heavy atom. The second-order valence-corrected chi connectivity index (χ2v) is 4.43. The van der Waals surface area contributed by atoms with Gasteiger partial charge in [0, 0.05) is 12.0 Å². The Balaban J connectivity index is 2.13. The molecule has 0 spiro atoms. The lowest BCUT2D eigenvalue weighted by Crippen LogP contribution is -2.05. The number of ether oxygens (including phenoxy) is 1. The largest absolute Gasteiger partial charge is 0.463 e. The highest BCUT2D eigenvalue weighted by atomic mass is 16.5. The van der Waals surface area contributed by atoms with Crippen LogP contribution in [0.25, 0.3) is 5.57 Å². The zero-order chi connectivity index (χ0) is 13.0. The standard InChI is InChI=1S/C16H18O2/c1-3-18-16(17)15-10-9-14(11-15)12(2)13-7-5-4-6-8-13/h4-8,10H,3,9,11H2,1-2H3/b14-12+. The molecule has 0 saturated heterocycles. The van der Waals surface area contributed by atoms with E-state index in [4.69, 9.17) is 4.74 Å². The molecule has 0 aliphatic heterocycles. The molecular weight excluding hydrogens is 224 g/mol. The van der Waals surface area contributed by atoms with Gasteiger partial charge in [-0.05, 0) is 31.4 Å². The Kier molecular flexibility index (Phi) is 3.98. The maximum Gasteiger partial charge on any atom is 0.334 e. The molecule has 1 aromatic rings. The van der Waals surface area contributed by atoms with Gasteiger partial charge in [-0.15, -0.1) is 0 Å². The summed E-state index contributed by atoms with van der Waals surface area (Å²) in [5.41, 5.74) is 4.60. The highest BCUT2D eigenvalue weighted by molar-refractivity contribution is 5.90. The highest BCUT2D eigenvalue weighted by Gasteiger charge is 2.19. The predicted molar refractivity (Wildman–Crippen MR) is 73.0 cm³/mol. The lowest BCUT2D eigenvalue weighted by molar-refractivity contribution is -0.138. The molecule has 94 valence electrons. The minimum atomic E-state index is -0.173. The molecule has 0 unspecified atom stereocenters. The maximum atomic E-state index is 11.6. The van der Waals surface area contributed by atoms with Crippen molar-refractivity contribution in [1.82, 2.24) is 0 Å². The molecule has 2 nitrogen and oxygen atoms in total. The first-order valence-electron chi connectivity index (χ1n) is 6.32. The fraction of sp³-hybridized carbons (Fsp3) is 0.312. The quantitative estimate of drug-likeness (QED) is 0.755. The Bertz CT molecular complexity index is 495. The molecule has 0 saturated carbocycles. The summed E-state index contributed by atoms with van der Waals surface area (Å²) >= 11 is 0. The Labute approximate surface area is 108 Å². The first-order chi connectivity index (χ1) is 8.72. The van der Waals surface area contributed by atoms with Crippen LogP contribution >= 0.6 is 0 Å². The maximum absolute atomic E-state index is 11.6. The van der Waals surface area contributed by atoms with Crippen LogP contribution in [0, 0.1) is 0 Å². The van der Waals surface area contributed by atoms with Crippen LogP contribution in [-0.4, -0.2) is 12.6 Å². The molecule has 1 aromatic carbocycles. The summed E-state index contributed by atoms with van der Waals surface area (Å²) in [6, 6.07) is 10.3. The second kappa shape index (κ2) is 5.67. The van der Waals surface area contributed by atoms with Crippen LogP contribution in [0.4, 0.5) is 0 Å². The second-order valence-electron chi connectivity index (χ2n) is 4.43. The van der Waals surface area contributed by atoms with Crippen molar-refractivity contribution in [3.63, 3.8) is 0 Å². The number of hydrogen-bond acceptors (Lipinski definition) is 2. The van der Waals surface area contributed by atoms with Gasteiger partial charge in [-0.25, -0.2) is 4.79 Å². The molecule has 18 heavy (non-hydrogen) atoms. The SMILES string of the molecule is CCOC(=O)C1=CC/C(=C(/C)c2ccccc2)C1. The lowest BCUT2D eigenvalue weighted by Gasteiger charge is -2.07. The van der Waals surface area contributed by atoms with Crippen molar-refractivity contribution in [2.45, 2.75) is 26.7 Å². The van der Waals surface area contributed by atoms with Crippen LogP contribution in [0.15, 0.2) is 47.6 Å². The van der Waals surface area contributed by atoms with Gasteiger partial charge in [-0.1, -0.05) is 42.0 Å². The monoisotopic (exact) mass is 242 g/mol. The van der Waals surface area contributed by atoms with Gasteiger partial charge in [-0.2, -0.15) is 0 Å². The van der Waals surface area contributed by atoms with E-state index in [9.17, 15) is 4.79 Å². The molecule has 0 N–H and O–H groups in total. The smallest absolute Gasteiger partial charge is 0.334 e. The number of carbonyl (C=O) groups excluding carboxylic acids is 1. The Morgan fingerprint density at radius 2 is 2.00 bits per heavy atom. The molecule has 2 heteroatoms. The predicted octanol–water partition coefficient (Wildman–Crippen LogP) is 3.74. The highest BCUT2D eigenvalue weighted by Crippen LogP contribution is 2.31. The molecule has 1 aliphatic rings. The number of rotatable bonds is 3. The molecular formula is C16H18O2. The zero-order valence-corrected chi connectivity index (χ0v) is 10.9. The third-order valence-electron chi connectivity index (χ3n) is 3.27. The van der Waals surface area contributed by atoms with Gasteiger partial charge in [0.2, 0.25) is 0 Å². The van der Waals surface area contributed by atoms with Gasteiger partial charge in [-0.3, -0.25) is 0 Å². The van der Waals surface area contributed by atoms with Gasteiger partial charge in [0.1, 0.15) is 0 Å². The third-order valence-corrected chi connectivity index (χ3v) is 3.27. The van der Waals surface area contributed by atoms with Crippen molar-refractivity contribution >= 4 is 11.5 Å². The molecule has 0 amide bonds. The Morgan fingerprint density at radius 3 is 2.67 bits per heavy atom. The molecule has 0 heterocycles. The molecule has 1 aliphatic carbocycles. The number of esters is 1. The minimum absolute atomic E-state index is 0.173. The van der Waals surface area contributed by atoms with Crippen LogP contribution in [0.5, 0.6) is 0 Å². The topological polar surface area (TPSA) is 26.3 Å². The fourth-order valence-electron chi connectivity index (χ4n) is 2.18. The first-order valence-corrected chi connectivity index (χ1v) is 6.32. The van der Waals surface area contributed by atoms with Gasteiger partial charge in [0.15, 0.2) is 0 Å². The van der Waals surface area contributed by atoms with Gasteiger partial charge >= 0.3 is 5.97 Å². The van der Waals surface area contributed by atoms with Crippen molar-refractivity contribution in [3.05, 3.63) is 53.1 Å². The van der Waals surface area contributed by atoms with E-state index in [1.807, 2.05) is 31.2 Å². The lowest BCUT2D eigenvalue weighted by atomic mass is 9.99. The van der Waals surface area contributed by atoms with Crippen molar-refractivity contribution in [2.24, 2.45) is 0 Å². The number of allylic oxidation sites excluding steroid dienone is 3. The normalized spacial score (nSPS) is 17.3. The van der Waals surface area contributed by atoms with Crippen molar-refractivity contribution in [3.8, 4) is 0 Å². The summed E-state index contributed by atoms with van der Waals surface area (Å²) in [7, 11) is 0. The molecule has 0 bridgehead atoms. The van der Waals surface area contributed by atoms with E-state index in [0.717, 1.165) is 18.4 Å². The average molecular weight is 242 g/mol. The zero-order valence-electron chi connectivity index (χ0n) is 10.9. The van der Waals surface area contributed by atoms with Gasteiger partial charge < -0.3 is 4.74 Å². The Hall–Kier alpha value is -1.83. The van der Waals surface area contributed by atoms with E-state index >= 15 is 0 Å². The molecule has 0 fully saturated rings. The molecule has 0 aromatic heterocycles. The summed E-state index contributed by atoms with van der Waals surface area (Å²) in [4.78, 5) is 11.6. The summed E-state index contributed by atoms with van der Waals surface area (Å²) < 4.78 is 5.03. The summed E-state index contributed by atoms with van der Waals surface area (Å²) in [6.45, 7) is 4.39.